The summed E-state index contributed by atoms with van der Waals surface area (Å²) in [6.07, 6.45) is 1.93. The minimum Gasteiger partial charge on any atom is -0.414 e. The number of hydrogen-bond donors (Lipinski definition) is 3. The van der Waals surface area contributed by atoms with Crippen LogP contribution >= 0.6 is 0 Å². The minimum absolute atomic E-state index is 0.196. The predicted molar refractivity (Wildman–Crippen MR) is 90.6 cm³/mol. The smallest absolute Gasteiger partial charge is 0.0116 e. The van der Waals surface area contributed by atoms with Crippen molar-refractivity contribution in [3.63, 3.8) is 0 Å². The molecule has 0 bridgehead atoms. The van der Waals surface area contributed by atoms with Gasteiger partial charge in [-0.1, -0.05) is 17.6 Å². The quantitative estimate of drug-likeness (QED) is 0.329. The number of fused-ring (bicyclic) bond motifs is 2. The van der Waals surface area contributed by atoms with Gasteiger partial charge in [0.1, 0.15) is 5.82 Å². The molecule has 0 aliphatic heterocycles. The van der Waals surface area contributed by atoms with Crippen molar-refractivity contribution in [3.05, 3.63) is 67.2 Å². The third-order valence-electron chi connectivity index (χ3n) is 3.21. The number of nitrogens with one attached hydrogen (secondary N) is 1. The maximum atomic E-state index is 8.33. The molecule has 4 aromatic rings. The molecule has 0 spiro atoms. The van der Waals surface area contributed by atoms with Gasteiger partial charge in [0, 0.05) is 0 Å². The number of aromatic amines is 1. The number of nitrogen functional groups attached to an aromatic ring is 2. The number of nitrogens with two attached hydrogens (primary N) is 2. The van der Waals surface area contributed by atoms with E-state index in [1.54, 1.807) is 0 Å². The van der Waals surface area contributed by atoms with E-state index in [4.69, 9.17) is 14.9 Å². The van der Waals surface area contributed by atoms with E-state index in [-0.39, 0.29) is 5.95 Å². The van der Waals surface area contributed by atoms with Crippen LogP contribution in [0.1, 0.15) is 5.56 Å². The van der Waals surface area contributed by atoms with Gasteiger partial charge in [0.25, 0.3) is 0 Å². The number of rotatable bonds is 0. The Bertz CT molecular complexity index is 924. The number of anilines is 2. The van der Waals surface area contributed by atoms with Crippen molar-refractivity contribution in [2.75, 3.05) is 11.5 Å². The van der Waals surface area contributed by atoms with Crippen molar-refractivity contribution >= 4 is 33.6 Å². The van der Waals surface area contributed by atoms with Crippen LogP contribution in [0, 0.1) is 13.0 Å². The van der Waals surface area contributed by atoms with Crippen molar-refractivity contribution < 1.29 is 23.2 Å². The molecular weight excluding hydrogens is 474 g/mol. The second kappa shape index (κ2) is 8.22. The monoisotopic (exact) mass is 489 g/mol. The first kappa shape index (κ1) is 17.6. The fraction of sp³-hybridized carbons (Fsp3) is 0. The molecule has 0 radical (unpaired) electrons. The standard InChI is InChI=1S/C9H9N4.C8H6N.O.W/c1-5-2-3-7-6(4-5)8(10)13-9(11)12-7;1-2-4-8-7(3-1)5-6-9-8;;/h2-4H,1H2,(H4,10,11,12,13);1,3-6,9H;;/q2*-1;;. The fourth-order valence-corrected chi connectivity index (χ4v) is 2.15. The van der Waals surface area contributed by atoms with E-state index in [2.05, 4.69) is 27.9 Å². The maximum absolute atomic E-state index is 8.33. The number of nitrogens with zero attached hydrogens (tertiary/aromatic N) is 2. The second-order valence-corrected chi connectivity index (χ2v) is 4.81. The summed E-state index contributed by atoms with van der Waals surface area (Å²) in [5.74, 6) is 0.592. The summed E-state index contributed by atoms with van der Waals surface area (Å²) < 4.78 is 8.33. The molecule has 4 rings (SSSR count). The van der Waals surface area contributed by atoms with E-state index in [9.17, 15) is 0 Å². The van der Waals surface area contributed by atoms with Crippen LogP contribution in [0.15, 0.2) is 48.7 Å². The molecule has 0 aliphatic carbocycles. The molecule has 0 saturated heterocycles. The van der Waals surface area contributed by atoms with Gasteiger partial charge in [0.2, 0.25) is 5.95 Å². The van der Waals surface area contributed by atoms with E-state index >= 15 is 0 Å². The predicted octanol–water partition coefficient (Wildman–Crippen LogP) is 2.82. The first-order valence-corrected chi connectivity index (χ1v) is 8.08. The molecule has 0 unspecified atom stereocenters. The third-order valence-corrected chi connectivity index (χ3v) is 3.21. The van der Waals surface area contributed by atoms with E-state index < -0.39 is 0 Å². The van der Waals surface area contributed by atoms with Crippen molar-refractivity contribution in [1.82, 2.24) is 15.0 Å². The Balaban J connectivity index is 0.000000165. The molecule has 24 heavy (non-hydrogen) atoms. The van der Waals surface area contributed by atoms with Gasteiger partial charge in [-0.3, -0.25) is 0 Å². The Kier molecular flexibility index (Phi) is 6.04. The van der Waals surface area contributed by atoms with Gasteiger partial charge in [-0.15, -0.1) is 5.39 Å². The molecule has 0 saturated carbocycles. The first-order chi connectivity index (χ1) is 11.6. The van der Waals surface area contributed by atoms with Gasteiger partial charge < -0.3 is 16.5 Å². The Morgan fingerprint density at radius 1 is 1.12 bits per heavy atom. The summed E-state index contributed by atoms with van der Waals surface area (Å²) in [5.41, 5.74) is 13.9. The van der Waals surface area contributed by atoms with Crippen LogP contribution in [0.4, 0.5) is 11.8 Å². The Labute approximate surface area is 150 Å². The van der Waals surface area contributed by atoms with Crippen LogP contribution in [0.5, 0.6) is 0 Å². The van der Waals surface area contributed by atoms with Crippen molar-refractivity contribution in [2.45, 2.75) is 0 Å². The molecule has 0 amide bonds. The maximum Gasteiger partial charge on any atom is -0.0116 e. The Hall–Kier alpha value is -2.72. The summed E-state index contributed by atoms with van der Waals surface area (Å²) >= 11 is 0.333. The molecule has 2 heterocycles. The molecule has 2 aromatic heterocycles. The molecule has 0 atom stereocenters. The number of hydrogen-bond acceptors (Lipinski definition) is 5. The van der Waals surface area contributed by atoms with Crippen molar-refractivity contribution in [3.8, 4) is 0 Å². The van der Waals surface area contributed by atoms with Gasteiger partial charge in [-0.2, -0.15) is 53.9 Å². The van der Waals surface area contributed by atoms with Gasteiger partial charge in [-0.05, 0) is 11.6 Å². The van der Waals surface area contributed by atoms with Gasteiger partial charge in [-0.25, -0.2) is 4.98 Å². The molecule has 0 fully saturated rings. The van der Waals surface area contributed by atoms with Crippen LogP contribution in [-0.2, 0) is 23.2 Å². The van der Waals surface area contributed by atoms with Crippen molar-refractivity contribution in [1.29, 1.82) is 0 Å². The average Bonchev–Trinajstić information content (AvgIpc) is 3.07. The normalized spacial score (nSPS) is 9.67. The van der Waals surface area contributed by atoms with Crippen LogP contribution in [-0.4, -0.2) is 15.0 Å². The molecule has 7 heteroatoms. The fourth-order valence-electron chi connectivity index (χ4n) is 2.15. The molecule has 0 aliphatic rings. The topological polar surface area (TPSA) is 111 Å². The summed E-state index contributed by atoms with van der Waals surface area (Å²) in [6.45, 7) is 3.79. The van der Waals surface area contributed by atoms with Gasteiger partial charge in [0.05, 0.1) is 5.52 Å². The summed E-state index contributed by atoms with van der Waals surface area (Å²) in [7, 11) is 0. The molecule has 2 aromatic carbocycles. The van der Waals surface area contributed by atoms with E-state index in [1.165, 1.54) is 5.39 Å². The first-order valence-electron chi connectivity index (χ1n) is 6.88. The van der Waals surface area contributed by atoms with Gasteiger partial charge >= 0.3 is 23.2 Å². The van der Waals surface area contributed by atoms with Crippen LogP contribution in [0.25, 0.3) is 21.8 Å². The third kappa shape index (κ3) is 4.17. The number of aromatic nitrogens is 3. The number of H-pyrrole nitrogens is 1. The minimum atomic E-state index is 0.196. The van der Waals surface area contributed by atoms with Crippen molar-refractivity contribution in [2.24, 2.45) is 0 Å². The molecular formula is C17H15N5OW-2. The zero-order chi connectivity index (χ0) is 17.5. The zero-order valence-corrected chi connectivity index (χ0v) is 15.6. The Morgan fingerprint density at radius 2 is 1.92 bits per heavy atom. The Morgan fingerprint density at radius 3 is 2.67 bits per heavy atom. The second-order valence-electron chi connectivity index (χ2n) is 4.81. The molecule has 122 valence electrons. The van der Waals surface area contributed by atoms with E-state index in [0.29, 0.717) is 25.6 Å². The largest absolute Gasteiger partial charge is 0.414 e. The summed E-state index contributed by atoms with van der Waals surface area (Å²) in [6, 6.07) is 16.4. The SMILES string of the molecule is [CH2-]c1ccc2nc(N)nc(N)c2c1.[O]=[W].[c-]1ccc2cc[nH]c2c1. The van der Waals surface area contributed by atoms with Gasteiger partial charge in [0.15, 0.2) is 0 Å². The summed E-state index contributed by atoms with van der Waals surface area (Å²) in [5, 5.41) is 2.04. The van der Waals surface area contributed by atoms with Crippen LogP contribution in [0.2, 0.25) is 0 Å². The summed E-state index contributed by atoms with van der Waals surface area (Å²) in [4.78, 5) is 11.0. The van der Waals surface area contributed by atoms with E-state index in [1.807, 2.05) is 48.7 Å². The molecule has 5 N–H and O–H groups in total. The molecule has 6 nitrogen and oxygen atoms in total. The number of benzene rings is 2. The average molecular weight is 489 g/mol. The van der Waals surface area contributed by atoms with Crippen LogP contribution < -0.4 is 11.5 Å². The van der Waals surface area contributed by atoms with E-state index in [0.717, 1.165) is 22.0 Å². The van der Waals surface area contributed by atoms with Crippen LogP contribution in [0.3, 0.4) is 0 Å². The zero-order valence-electron chi connectivity index (χ0n) is 12.7.